The monoisotopic (exact) mass is 201 g/mol. The van der Waals surface area contributed by atoms with E-state index in [0.717, 1.165) is 25.7 Å². The van der Waals surface area contributed by atoms with E-state index in [1.54, 1.807) is 0 Å². The van der Waals surface area contributed by atoms with Gasteiger partial charge in [-0.2, -0.15) is 0 Å². The van der Waals surface area contributed by atoms with Crippen molar-refractivity contribution in [2.24, 2.45) is 5.73 Å². The zero-order valence-electron chi connectivity index (χ0n) is 9.38. The molecule has 0 bridgehead atoms. The van der Waals surface area contributed by atoms with E-state index in [1.807, 2.05) is 0 Å². The van der Waals surface area contributed by atoms with Crippen molar-refractivity contribution in [3.05, 3.63) is 0 Å². The molecule has 14 heavy (non-hydrogen) atoms. The third-order valence-electron chi connectivity index (χ3n) is 2.49. The summed E-state index contributed by atoms with van der Waals surface area (Å²) in [5, 5.41) is 10.1. The highest BCUT2D eigenvalue weighted by Crippen LogP contribution is 2.24. The van der Waals surface area contributed by atoms with Crippen molar-refractivity contribution >= 4 is 5.91 Å². The molecule has 0 aromatic heterocycles. The van der Waals surface area contributed by atoms with Crippen molar-refractivity contribution in [2.45, 2.75) is 64.4 Å². The van der Waals surface area contributed by atoms with Crippen LogP contribution in [0.3, 0.4) is 0 Å². The van der Waals surface area contributed by atoms with E-state index in [4.69, 9.17) is 5.73 Å². The Labute approximate surface area is 86.7 Å². The molecule has 0 unspecified atom stereocenters. The van der Waals surface area contributed by atoms with Gasteiger partial charge in [0.15, 0.2) is 0 Å². The minimum Gasteiger partial charge on any atom is -0.389 e. The molecule has 0 aliphatic rings. The lowest BCUT2D eigenvalue weighted by Gasteiger charge is -2.26. The number of primary amides is 1. The van der Waals surface area contributed by atoms with Crippen molar-refractivity contribution in [3.63, 3.8) is 0 Å². The van der Waals surface area contributed by atoms with Gasteiger partial charge in [0.25, 0.3) is 0 Å². The number of carbonyl (C=O) groups is 1. The third-order valence-corrected chi connectivity index (χ3v) is 2.49. The third kappa shape index (κ3) is 5.97. The minimum absolute atomic E-state index is 0.104. The van der Waals surface area contributed by atoms with Crippen LogP contribution in [0.4, 0.5) is 0 Å². The van der Waals surface area contributed by atoms with Gasteiger partial charge in [0.2, 0.25) is 5.91 Å². The van der Waals surface area contributed by atoms with Gasteiger partial charge >= 0.3 is 0 Å². The second-order valence-corrected chi connectivity index (χ2v) is 4.07. The lowest BCUT2D eigenvalue weighted by atomic mass is 9.87. The molecule has 84 valence electrons. The summed E-state index contributed by atoms with van der Waals surface area (Å²) in [4.78, 5) is 10.8. The van der Waals surface area contributed by atoms with Gasteiger partial charge in [-0.15, -0.1) is 0 Å². The molecule has 0 spiro atoms. The van der Waals surface area contributed by atoms with E-state index in [0.29, 0.717) is 12.8 Å². The Kier molecular flexibility index (Phi) is 6.54. The summed E-state index contributed by atoms with van der Waals surface area (Å²) < 4.78 is 0. The molecule has 0 aromatic rings. The summed E-state index contributed by atoms with van der Waals surface area (Å²) in [6, 6.07) is 0. The number of rotatable bonds is 8. The molecule has 3 nitrogen and oxygen atoms in total. The highest BCUT2D eigenvalue weighted by atomic mass is 16.3. The number of nitrogens with two attached hydrogens (primary N) is 1. The Morgan fingerprint density at radius 1 is 1.21 bits per heavy atom. The molecule has 0 radical (unpaired) electrons. The predicted octanol–water partition coefficient (Wildman–Crippen LogP) is 1.97. The predicted molar refractivity (Wildman–Crippen MR) is 57.8 cm³/mol. The summed E-state index contributed by atoms with van der Waals surface area (Å²) in [7, 11) is 0. The molecular formula is C11H23NO2. The van der Waals surface area contributed by atoms with Crippen LogP contribution in [0.2, 0.25) is 0 Å². The molecule has 0 aromatic carbocycles. The molecule has 0 fully saturated rings. The maximum Gasteiger partial charge on any atom is 0.220 e. The lowest BCUT2D eigenvalue weighted by molar-refractivity contribution is -0.123. The van der Waals surface area contributed by atoms with Gasteiger partial charge in [0, 0.05) is 0 Å². The fraction of sp³-hybridized carbons (Fsp3) is 0.909. The number of carbonyl (C=O) groups excluding carboxylic acids is 1. The normalized spacial score (nSPS) is 11.6. The van der Waals surface area contributed by atoms with Crippen LogP contribution >= 0.6 is 0 Å². The Morgan fingerprint density at radius 2 is 1.64 bits per heavy atom. The first-order chi connectivity index (χ1) is 6.54. The average molecular weight is 201 g/mol. The van der Waals surface area contributed by atoms with Gasteiger partial charge in [-0.1, -0.05) is 39.5 Å². The van der Waals surface area contributed by atoms with Crippen LogP contribution in [-0.2, 0) is 4.79 Å². The first kappa shape index (κ1) is 13.4. The van der Waals surface area contributed by atoms with Crippen LogP contribution in [0.15, 0.2) is 0 Å². The van der Waals surface area contributed by atoms with E-state index in [2.05, 4.69) is 13.8 Å². The first-order valence-corrected chi connectivity index (χ1v) is 5.54. The summed E-state index contributed by atoms with van der Waals surface area (Å²) in [5.41, 5.74) is 4.27. The standard InChI is InChI=1S/C11H23NO2/c1-3-5-7-11(14,8-6-4-2)9-10(12)13/h14H,3-9H2,1-2H3,(H2,12,13). The molecule has 1 amide bonds. The molecule has 0 saturated carbocycles. The second-order valence-electron chi connectivity index (χ2n) is 4.07. The number of amides is 1. The SMILES string of the molecule is CCCCC(O)(CCCC)CC(N)=O. The fourth-order valence-corrected chi connectivity index (χ4v) is 1.64. The van der Waals surface area contributed by atoms with Crippen molar-refractivity contribution in [1.82, 2.24) is 0 Å². The molecule has 0 heterocycles. The quantitative estimate of drug-likeness (QED) is 0.630. The van der Waals surface area contributed by atoms with Gasteiger partial charge in [-0.25, -0.2) is 0 Å². The highest BCUT2D eigenvalue weighted by molar-refractivity contribution is 5.74. The summed E-state index contributed by atoms with van der Waals surface area (Å²) >= 11 is 0. The molecule has 0 aliphatic heterocycles. The second kappa shape index (κ2) is 6.82. The summed E-state index contributed by atoms with van der Waals surface area (Å²) in [6.45, 7) is 4.15. The maximum absolute atomic E-state index is 10.8. The van der Waals surface area contributed by atoms with E-state index in [-0.39, 0.29) is 6.42 Å². The largest absolute Gasteiger partial charge is 0.389 e. The number of unbranched alkanes of at least 4 members (excludes halogenated alkanes) is 2. The number of hydrogen-bond acceptors (Lipinski definition) is 2. The summed E-state index contributed by atoms with van der Waals surface area (Å²) in [5.74, 6) is -0.403. The Morgan fingerprint density at radius 3 is 1.93 bits per heavy atom. The van der Waals surface area contributed by atoms with E-state index >= 15 is 0 Å². The number of aliphatic hydroxyl groups is 1. The van der Waals surface area contributed by atoms with Crippen molar-refractivity contribution in [1.29, 1.82) is 0 Å². The fourth-order valence-electron chi connectivity index (χ4n) is 1.64. The van der Waals surface area contributed by atoms with Crippen LogP contribution < -0.4 is 5.73 Å². The van der Waals surface area contributed by atoms with Gasteiger partial charge in [-0.05, 0) is 12.8 Å². The molecule has 3 heteroatoms. The minimum atomic E-state index is -0.849. The van der Waals surface area contributed by atoms with Crippen molar-refractivity contribution < 1.29 is 9.90 Å². The molecule has 0 saturated heterocycles. The van der Waals surface area contributed by atoms with E-state index in [9.17, 15) is 9.90 Å². The van der Waals surface area contributed by atoms with Crippen LogP contribution in [0.1, 0.15) is 58.8 Å². The highest BCUT2D eigenvalue weighted by Gasteiger charge is 2.27. The van der Waals surface area contributed by atoms with Crippen molar-refractivity contribution in [3.8, 4) is 0 Å². The van der Waals surface area contributed by atoms with Gasteiger partial charge < -0.3 is 10.8 Å². The maximum atomic E-state index is 10.8. The molecular weight excluding hydrogens is 178 g/mol. The van der Waals surface area contributed by atoms with Crippen LogP contribution in [-0.4, -0.2) is 16.6 Å². The zero-order valence-corrected chi connectivity index (χ0v) is 9.38. The van der Waals surface area contributed by atoms with Crippen LogP contribution in [0, 0.1) is 0 Å². The van der Waals surface area contributed by atoms with Crippen LogP contribution in [0.5, 0.6) is 0 Å². The zero-order chi connectivity index (χ0) is 11.0. The van der Waals surface area contributed by atoms with E-state index in [1.165, 1.54) is 0 Å². The smallest absolute Gasteiger partial charge is 0.220 e. The Balaban J connectivity index is 4.09. The molecule has 0 atom stereocenters. The van der Waals surface area contributed by atoms with E-state index < -0.39 is 11.5 Å². The van der Waals surface area contributed by atoms with Gasteiger partial charge in [-0.3, -0.25) is 4.79 Å². The Bertz CT molecular complexity index is 161. The summed E-state index contributed by atoms with van der Waals surface area (Å²) in [6.07, 6.45) is 5.45. The number of hydrogen-bond donors (Lipinski definition) is 2. The van der Waals surface area contributed by atoms with Crippen LogP contribution in [0.25, 0.3) is 0 Å². The Hall–Kier alpha value is -0.570. The van der Waals surface area contributed by atoms with Gasteiger partial charge in [0.05, 0.1) is 12.0 Å². The molecule has 0 rings (SSSR count). The van der Waals surface area contributed by atoms with Crippen molar-refractivity contribution in [2.75, 3.05) is 0 Å². The lowest BCUT2D eigenvalue weighted by Crippen LogP contribution is -2.34. The topological polar surface area (TPSA) is 63.3 Å². The molecule has 0 aliphatic carbocycles. The molecule has 3 N–H and O–H groups in total. The van der Waals surface area contributed by atoms with Gasteiger partial charge in [0.1, 0.15) is 0 Å². The average Bonchev–Trinajstić information content (AvgIpc) is 2.11. The first-order valence-electron chi connectivity index (χ1n) is 5.54.